The Morgan fingerprint density at radius 2 is 1.83 bits per heavy atom. The predicted octanol–water partition coefficient (Wildman–Crippen LogP) is 6.52. The van der Waals surface area contributed by atoms with E-state index in [0.29, 0.717) is 50.8 Å². The summed E-state index contributed by atoms with van der Waals surface area (Å²) in [5.74, 6) is 0.217. The van der Waals surface area contributed by atoms with Gasteiger partial charge in [0.15, 0.2) is 0 Å². The monoisotopic (exact) mass is 627 g/mol. The zero-order chi connectivity index (χ0) is 32.7. The third kappa shape index (κ3) is 5.59. The molecule has 3 N–H and O–H groups in total. The number of anilines is 2. The average Bonchev–Trinajstić information content (AvgIpc) is 3.66. The summed E-state index contributed by atoms with van der Waals surface area (Å²) in [5, 5.41) is 7.59. The number of aromatic nitrogens is 5. The topological polar surface area (TPSA) is 143 Å². The van der Waals surface area contributed by atoms with Gasteiger partial charge in [-0.1, -0.05) is 12.1 Å². The van der Waals surface area contributed by atoms with Crippen molar-refractivity contribution >= 4 is 28.4 Å². The van der Waals surface area contributed by atoms with Crippen molar-refractivity contribution in [1.29, 1.82) is 0 Å². The number of furan rings is 1. The zero-order valence-corrected chi connectivity index (χ0v) is 25.1. The molecule has 0 unspecified atom stereocenters. The van der Waals surface area contributed by atoms with E-state index < -0.39 is 17.3 Å². The van der Waals surface area contributed by atoms with Crippen molar-refractivity contribution in [1.82, 2.24) is 24.3 Å². The lowest BCUT2D eigenvalue weighted by molar-refractivity contribution is 0.102. The highest BCUT2D eigenvalue weighted by Crippen LogP contribution is 2.44. The molecule has 4 aromatic heterocycles. The maximum Gasteiger partial charge on any atom is 0.267 e. The van der Waals surface area contributed by atoms with Crippen molar-refractivity contribution in [3.63, 3.8) is 0 Å². The molecule has 3 aromatic carbocycles. The number of amides is 1. The summed E-state index contributed by atoms with van der Waals surface area (Å²) in [4.78, 5) is 35.1. The highest BCUT2D eigenvalue weighted by Gasteiger charge is 2.24. The molecule has 7 rings (SSSR count). The molecule has 47 heavy (non-hydrogen) atoms. The maximum atomic E-state index is 13.6. The summed E-state index contributed by atoms with van der Waals surface area (Å²) in [7, 11) is 1.82. The number of halogens is 1. The fourth-order valence-corrected chi connectivity index (χ4v) is 5.36. The van der Waals surface area contributed by atoms with Crippen LogP contribution in [-0.4, -0.2) is 30.2 Å². The van der Waals surface area contributed by atoms with Crippen molar-refractivity contribution in [3.05, 3.63) is 131 Å². The molecule has 7 aromatic rings. The average molecular weight is 628 g/mol. The minimum Gasteiger partial charge on any atom is -0.438 e. The molecule has 0 radical (unpaired) electrons. The van der Waals surface area contributed by atoms with Crippen LogP contribution in [0, 0.1) is 12.7 Å². The lowest BCUT2D eigenvalue weighted by Gasteiger charge is -2.12. The number of nitrogens with one attached hydrogen (secondary N) is 1. The van der Waals surface area contributed by atoms with Crippen LogP contribution in [0.2, 0.25) is 0 Å². The Morgan fingerprint density at radius 1 is 1.00 bits per heavy atom. The second-order valence-corrected chi connectivity index (χ2v) is 10.8. The Labute approximate surface area is 266 Å². The third-order valence-corrected chi connectivity index (χ3v) is 7.53. The zero-order valence-electron chi connectivity index (χ0n) is 25.1. The lowest BCUT2D eigenvalue weighted by atomic mass is 10.0. The van der Waals surface area contributed by atoms with Crippen molar-refractivity contribution in [2.24, 2.45) is 7.05 Å². The van der Waals surface area contributed by atoms with Gasteiger partial charge in [-0.25, -0.2) is 14.4 Å². The molecule has 0 bridgehead atoms. The van der Waals surface area contributed by atoms with E-state index in [1.54, 1.807) is 54.2 Å². The third-order valence-electron chi connectivity index (χ3n) is 7.53. The smallest absolute Gasteiger partial charge is 0.267 e. The molecule has 11 nitrogen and oxygen atoms in total. The van der Waals surface area contributed by atoms with Crippen LogP contribution in [-0.2, 0) is 7.05 Å². The van der Waals surface area contributed by atoms with E-state index in [2.05, 4.69) is 20.4 Å². The molecule has 232 valence electrons. The van der Waals surface area contributed by atoms with Gasteiger partial charge < -0.3 is 20.2 Å². The molecule has 1 amide bonds. The predicted molar refractivity (Wildman–Crippen MR) is 175 cm³/mol. The summed E-state index contributed by atoms with van der Waals surface area (Å²) in [6.07, 6.45) is 6.42. The van der Waals surface area contributed by atoms with Gasteiger partial charge in [0.25, 0.3) is 11.5 Å². The fourth-order valence-electron chi connectivity index (χ4n) is 5.36. The standard InChI is InChI=1S/C35H26FN7O4/c1-20-15-23(36)8-13-28(20)43-14-4-7-27(35(43)45)32(44)41-25-9-11-26(12-10-25)46-33-30-29(21-5-3-6-24(37)16-21)31(22-17-40-42(2)18-22)47-34(30)39-19-38-33/h3-19H,37H2,1-2H3,(H,41,44). The maximum absolute atomic E-state index is 13.6. The second-order valence-electron chi connectivity index (χ2n) is 10.8. The number of pyridine rings is 1. The van der Waals surface area contributed by atoms with E-state index in [0.717, 1.165) is 11.1 Å². The van der Waals surface area contributed by atoms with Gasteiger partial charge in [-0.15, -0.1) is 0 Å². The Bertz CT molecular complexity index is 2360. The Hall–Kier alpha value is -6.56. The van der Waals surface area contributed by atoms with E-state index in [1.807, 2.05) is 31.4 Å². The van der Waals surface area contributed by atoms with E-state index in [4.69, 9.17) is 14.9 Å². The molecule has 12 heteroatoms. The summed E-state index contributed by atoms with van der Waals surface area (Å²) in [5.41, 5.74) is 10.1. The first-order valence-corrected chi connectivity index (χ1v) is 14.4. The number of nitrogen functional groups attached to an aromatic ring is 1. The molecular formula is C35H26FN7O4. The fraction of sp³-hybridized carbons (Fsp3) is 0.0571. The summed E-state index contributed by atoms with van der Waals surface area (Å²) in [6, 6.07) is 21.1. The van der Waals surface area contributed by atoms with Gasteiger partial charge in [0.2, 0.25) is 11.6 Å². The van der Waals surface area contributed by atoms with Crippen molar-refractivity contribution in [2.75, 3.05) is 11.1 Å². The molecule has 0 spiro atoms. The molecule has 0 aliphatic heterocycles. The van der Waals surface area contributed by atoms with Gasteiger partial charge in [0, 0.05) is 36.4 Å². The number of hydrogen-bond acceptors (Lipinski definition) is 8. The summed E-state index contributed by atoms with van der Waals surface area (Å²) >= 11 is 0. The Kier molecular flexibility index (Phi) is 7.29. The minimum absolute atomic E-state index is 0.0709. The molecule has 0 aliphatic carbocycles. The molecule has 0 aliphatic rings. The molecule has 0 atom stereocenters. The van der Waals surface area contributed by atoms with Gasteiger partial charge in [0.05, 0.1) is 17.4 Å². The first kappa shape index (κ1) is 29.2. The quantitative estimate of drug-likeness (QED) is 0.190. The largest absolute Gasteiger partial charge is 0.438 e. The van der Waals surface area contributed by atoms with Crippen LogP contribution in [0.5, 0.6) is 11.6 Å². The van der Waals surface area contributed by atoms with Gasteiger partial charge in [-0.3, -0.25) is 18.8 Å². The van der Waals surface area contributed by atoms with Crippen LogP contribution in [0.3, 0.4) is 0 Å². The number of hydrogen-bond donors (Lipinski definition) is 2. The van der Waals surface area contributed by atoms with Gasteiger partial charge in [-0.2, -0.15) is 5.10 Å². The number of benzene rings is 3. The Balaban J connectivity index is 1.18. The SMILES string of the molecule is Cc1cc(F)ccc1-n1cccc(C(=O)Nc2ccc(Oc3ncnc4oc(-c5cnn(C)c5)c(-c5cccc(N)c5)c34)cc2)c1=O. The Morgan fingerprint density at radius 3 is 2.57 bits per heavy atom. The minimum atomic E-state index is -0.594. The number of carbonyl (C=O) groups excluding carboxylic acids is 1. The summed E-state index contributed by atoms with van der Waals surface area (Å²) in [6.45, 7) is 1.69. The second kappa shape index (κ2) is 11.7. The number of carbonyl (C=O) groups is 1. The lowest BCUT2D eigenvalue weighted by Crippen LogP contribution is -2.28. The number of rotatable bonds is 7. The van der Waals surface area contributed by atoms with E-state index in [-0.39, 0.29) is 11.4 Å². The molecule has 0 saturated carbocycles. The normalized spacial score (nSPS) is 11.1. The number of ether oxygens (including phenoxy) is 1. The van der Waals surface area contributed by atoms with E-state index >= 15 is 0 Å². The molecule has 4 heterocycles. The van der Waals surface area contributed by atoms with Crippen LogP contribution in [0.15, 0.2) is 113 Å². The number of aryl methyl sites for hydroxylation is 2. The van der Waals surface area contributed by atoms with Gasteiger partial charge >= 0.3 is 0 Å². The molecule has 0 saturated heterocycles. The van der Waals surface area contributed by atoms with Crippen molar-refractivity contribution < 1.29 is 18.3 Å². The first-order valence-electron chi connectivity index (χ1n) is 14.4. The summed E-state index contributed by atoms with van der Waals surface area (Å²) < 4.78 is 29.1. The van der Waals surface area contributed by atoms with Crippen molar-refractivity contribution in [2.45, 2.75) is 6.92 Å². The highest BCUT2D eigenvalue weighted by atomic mass is 19.1. The highest BCUT2D eigenvalue weighted by molar-refractivity contribution is 6.04. The van der Waals surface area contributed by atoms with E-state index in [9.17, 15) is 14.0 Å². The van der Waals surface area contributed by atoms with Crippen molar-refractivity contribution in [3.8, 4) is 39.8 Å². The molecular weight excluding hydrogens is 601 g/mol. The number of fused-ring (bicyclic) bond motifs is 1. The van der Waals surface area contributed by atoms with E-state index in [1.165, 1.54) is 41.4 Å². The van der Waals surface area contributed by atoms with Crippen LogP contribution in [0.1, 0.15) is 15.9 Å². The first-order chi connectivity index (χ1) is 22.7. The van der Waals surface area contributed by atoms with Crippen LogP contribution in [0.25, 0.3) is 39.2 Å². The van der Waals surface area contributed by atoms with Crippen LogP contribution < -0.4 is 21.3 Å². The number of nitrogens with two attached hydrogens (primary N) is 1. The van der Waals surface area contributed by atoms with Crippen LogP contribution >= 0.6 is 0 Å². The van der Waals surface area contributed by atoms with Gasteiger partial charge in [-0.05, 0) is 84.8 Å². The number of nitrogens with zero attached hydrogens (tertiary/aromatic N) is 5. The molecule has 0 fully saturated rings. The van der Waals surface area contributed by atoms with Gasteiger partial charge in [0.1, 0.15) is 34.6 Å². The van der Waals surface area contributed by atoms with Crippen LogP contribution in [0.4, 0.5) is 15.8 Å².